The molecule has 9 atom stereocenters. The number of hydrogen-bond acceptors (Lipinski definition) is 5. The van der Waals surface area contributed by atoms with E-state index >= 15 is 0 Å². The van der Waals surface area contributed by atoms with Gasteiger partial charge in [0.05, 0.1) is 12.7 Å². The molecule has 3 saturated carbocycles. The topological polar surface area (TPSA) is 70.0 Å². The molecule has 0 heterocycles. The third-order valence-electron chi connectivity index (χ3n) is 12.8. The summed E-state index contributed by atoms with van der Waals surface area (Å²) in [5.74, 6) is 4.98. The number of nitrogens with zero attached hydrogens (tertiary/aromatic N) is 1. The van der Waals surface area contributed by atoms with Gasteiger partial charge < -0.3 is 14.9 Å². The quantitative estimate of drug-likeness (QED) is 0.151. The summed E-state index contributed by atoms with van der Waals surface area (Å²) in [6.07, 6.45) is 18.1. The van der Waals surface area contributed by atoms with Crippen LogP contribution in [0.25, 0.3) is 0 Å². The Bertz CT molecular complexity index is 902. The van der Waals surface area contributed by atoms with Gasteiger partial charge in [-0.2, -0.15) is 0 Å². The second-order valence-corrected chi connectivity index (χ2v) is 15.8. The highest BCUT2D eigenvalue weighted by Crippen LogP contribution is 2.67. The summed E-state index contributed by atoms with van der Waals surface area (Å²) in [7, 11) is 0. The third kappa shape index (κ3) is 7.65. The maximum atomic E-state index is 12.8. The molecule has 5 heteroatoms. The van der Waals surface area contributed by atoms with Gasteiger partial charge in [-0.05, 0) is 111 Å². The minimum Gasteiger partial charge on any atom is -0.462 e. The predicted octanol–water partition coefficient (Wildman–Crippen LogP) is 7.79. The van der Waals surface area contributed by atoms with Gasteiger partial charge in [0.2, 0.25) is 0 Å². The Hall–Kier alpha value is -0.910. The van der Waals surface area contributed by atoms with Crippen LogP contribution in [0.15, 0.2) is 11.6 Å². The number of allylic oxidation sites excluding steroid dienone is 1. The fourth-order valence-corrected chi connectivity index (χ4v) is 10.3. The zero-order valence-corrected chi connectivity index (χ0v) is 28.1. The first-order chi connectivity index (χ1) is 20.0. The molecular formula is C37H65NO4. The van der Waals surface area contributed by atoms with Crippen molar-refractivity contribution in [2.75, 3.05) is 26.2 Å². The number of aliphatic hydroxyl groups is 2. The first-order valence-electron chi connectivity index (χ1n) is 17.9. The molecule has 0 aromatic carbocycles. The smallest absolute Gasteiger partial charge is 0.306 e. The van der Waals surface area contributed by atoms with Gasteiger partial charge in [-0.15, -0.1) is 0 Å². The highest BCUT2D eigenvalue weighted by atomic mass is 16.5. The normalized spacial score (nSPS) is 35.8. The highest BCUT2D eigenvalue weighted by Gasteiger charge is 2.59. The SMILES string of the molecule is CC[C@@H](O)CN(CCO)CCCC(=O)OC1CCC2(C)C(=CCC3C2CCC2(C)C(C(C)CCCC(C)C)CCC32)C1. The minimum atomic E-state index is -0.389. The Morgan fingerprint density at radius 1 is 1.05 bits per heavy atom. The first-order valence-corrected chi connectivity index (χ1v) is 17.9. The van der Waals surface area contributed by atoms with E-state index in [1.807, 2.05) is 11.8 Å². The van der Waals surface area contributed by atoms with Crippen LogP contribution in [0, 0.1) is 46.3 Å². The number of carbonyl (C=O) groups is 1. The second-order valence-electron chi connectivity index (χ2n) is 15.8. The van der Waals surface area contributed by atoms with Crippen LogP contribution in [0.5, 0.6) is 0 Å². The van der Waals surface area contributed by atoms with Gasteiger partial charge in [0.25, 0.3) is 0 Å². The van der Waals surface area contributed by atoms with Gasteiger partial charge in [0.1, 0.15) is 6.10 Å². The Balaban J connectivity index is 1.30. The molecule has 0 aromatic rings. The van der Waals surface area contributed by atoms with E-state index in [-0.39, 0.29) is 30.2 Å². The first kappa shape index (κ1) is 34.0. The van der Waals surface area contributed by atoms with Crippen molar-refractivity contribution in [1.82, 2.24) is 4.90 Å². The number of carbonyl (C=O) groups excluding carboxylic acids is 1. The van der Waals surface area contributed by atoms with Crippen molar-refractivity contribution >= 4 is 5.97 Å². The molecule has 0 spiro atoms. The Labute approximate surface area is 258 Å². The van der Waals surface area contributed by atoms with Crippen LogP contribution >= 0.6 is 0 Å². The van der Waals surface area contributed by atoms with Gasteiger partial charge in [0, 0.05) is 25.9 Å². The van der Waals surface area contributed by atoms with Gasteiger partial charge in [-0.3, -0.25) is 9.69 Å². The van der Waals surface area contributed by atoms with Crippen LogP contribution in [0.3, 0.4) is 0 Å². The van der Waals surface area contributed by atoms with Crippen molar-refractivity contribution < 1.29 is 19.7 Å². The molecule has 4 aliphatic carbocycles. The number of esters is 1. The zero-order chi connectivity index (χ0) is 30.5. The molecule has 0 aromatic heterocycles. The molecule has 0 radical (unpaired) electrons. The minimum absolute atomic E-state index is 0.0141. The fourth-order valence-electron chi connectivity index (χ4n) is 10.3. The third-order valence-corrected chi connectivity index (χ3v) is 12.8. The summed E-state index contributed by atoms with van der Waals surface area (Å²) in [6.45, 7) is 16.3. The van der Waals surface area contributed by atoms with E-state index in [0.29, 0.717) is 44.3 Å². The molecule has 0 amide bonds. The van der Waals surface area contributed by atoms with Crippen LogP contribution in [-0.2, 0) is 9.53 Å². The number of aliphatic hydroxyl groups excluding tert-OH is 2. The molecule has 5 nitrogen and oxygen atoms in total. The van der Waals surface area contributed by atoms with Gasteiger partial charge in [-0.25, -0.2) is 0 Å². The number of ether oxygens (including phenoxy) is 1. The van der Waals surface area contributed by atoms with Crippen LogP contribution < -0.4 is 0 Å². The molecule has 0 aliphatic heterocycles. The molecule has 4 aliphatic rings. The maximum Gasteiger partial charge on any atom is 0.306 e. The lowest BCUT2D eigenvalue weighted by Gasteiger charge is -2.58. The van der Waals surface area contributed by atoms with Crippen molar-refractivity contribution in [2.24, 2.45) is 46.3 Å². The molecule has 242 valence electrons. The summed E-state index contributed by atoms with van der Waals surface area (Å²) in [6, 6.07) is 0. The van der Waals surface area contributed by atoms with E-state index in [1.54, 1.807) is 5.57 Å². The van der Waals surface area contributed by atoms with Crippen LogP contribution in [0.4, 0.5) is 0 Å². The van der Waals surface area contributed by atoms with Crippen molar-refractivity contribution in [3.63, 3.8) is 0 Å². The van der Waals surface area contributed by atoms with Gasteiger partial charge in [-0.1, -0.05) is 72.5 Å². The van der Waals surface area contributed by atoms with E-state index in [1.165, 1.54) is 51.4 Å². The Morgan fingerprint density at radius 3 is 2.55 bits per heavy atom. The lowest BCUT2D eigenvalue weighted by atomic mass is 9.47. The van der Waals surface area contributed by atoms with E-state index in [0.717, 1.165) is 54.8 Å². The lowest BCUT2D eigenvalue weighted by molar-refractivity contribution is -0.151. The summed E-state index contributed by atoms with van der Waals surface area (Å²) in [5.41, 5.74) is 2.38. The highest BCUT2D eigenvalue weighted by molar-refractivity contribution is 5.69. The molecule has 42 heavy (non-hydrogen) atoms. The Kier molecular flexibility index (Phi) is 12.1. The average Bonchev–Trinajstić information content (AvgIpc) is 3.30. The van der Waals surface area contributed by atoms with Crippen LogP contribution in [0.1, 0.15) is 131 Å². The molecule has 8 unspecified atom stereocenters. The second kappa shape index (κ2) is 14.9. The van der Waals surface area contributed by atoms with E-state index < -0.39 is 0 Å². The summed E-state index contributed by atoms with van der Waals surface area (Å²) in [4.78, 5) is 14.8. The fraction of sp³-hybridized carbons (Fsp3) is 0.919. The van der Waals surface area contributed by atoms with E-state index in [4.69, 9.17) is 4.74 Å². The molecular weight excluding hydrogens is 522 g/mol. The molecule has 0 bridgehead atoms. The van der Waals surface area contributed by atoms with E-state index in [9.17, 15) is 15.0 Å². The van der Waals surface area contributed by atoms with Crippen LogP contribution in [-0.4, -0.2) is 59.5 Å². The monoisotopic (exact) mass is 587 g/mol. The van der Waals surface area contributed by atoms with Crippen molar-refractivity contribution in [2.45, 2.75) is 144 Å². The predicted molar refractivity (Wildman–Crippen MR) is 172 cm³/mol. The standard InChI is InChI=1S/C37H65NO4/c1-7-29(40)25-38(22-23-39)21-9-12-35(41)42-30-17-19-36(5)28(24-30)13-14-31-33-16-15-32(27(4)11-8-10-26(2)3)37(33,6)20-18-34(31)36/h13,26-27,29-34,39-40H,7-12,14-25H2,1-6H3/t27?,29-,30?,31?,32?,33?,34?,36?,37?/m1/s1. The molecule has 2 N–H and O–H groups in total. The lowest BCUT2D eigenvalue weighted by Crippen LogP contribution is -2.51. The number of hydrogen-bond donors (Lipinski definition) is 2. The van der Waals surface area contributed by atoms with E-state index in [2.05, 4.69) is 40.7 Å². The average molecular weight is 588 g/mol. The largest absolute Gasteiger partial charge is 0.462 e. The summed E-state index contributed by atoms with van der Waals surface area (Å²) in [5, 5.41) is 19.3. The molecule has 3 fully saturated rings. The molecule has 4 rings (SSSR count). The number of fused-ring (bicyclic) bond motifs is 5. The summed E-state index contributed by atoms with van der Waals surface area (Å²) < 4.78 is 6.04. The zero-order valence-electron chi connectivity index (χ0n) is 28.1. The van der Waals surface area contributed by atoms with Crippen molar-refractivity contribution in [1.29, 1.82) is 0 Å². The van der Waals surface area contributed by atoms with Gasteiger partial charge >= 0.3 is 5.97 Å². The number of rotatable bonds is 15. The molecule has 0 saturated heterocycles. The van der Waals surface area contributed by atoms with Crippen LogP contribution in [0.2, 0.25) is 0 Å². The Morgan fingerprint density at radius 2 is 1.83 bits per heavy atom. The maximum absolute atomic E-state index is 12.8. The summed E-state index contributed by atoms with van der Waals surface area (Å²) >= 11 is 0. The van der Waals surface area contributed by atoms with Crippen molar-refractivity contribution in [3.05, 3.63) is 11.6 Å². The van der Waals surface area contributed by atoms with Gasteiger partial charge in [0.15, 0.2) is 0 Å². The van der Waals surface area contributed by atoms with Crippen molar-refractivity contribution in [3.8, 4) is 0 Å².